The van der Waals surface area contributed by atoms with Gasteiger partial charge in [-0.25, -0.2) is 0 Å². The molecule has 7 heteroatoms. The van der Waals surface area contributed by atoms with Gasteiger partial charge in [0.1, 0.15) is 11.8 Å². The third-order valence-electron chi connectivity index (χ3n) is 4.78. The maximum atomic E-state index is 12.9. The topological polar surface area (TPSA) is 114 Å². The lowest BCUT2D eigenvalue weighted by molar-refractivity contribution is -0.128. The molecule has 0 aliphatic rings. The number of rotatable bonds is 8. The number of fused-ring (bicyclic) bond motifs is 1. The van der Waals surface area contributed by atoms with E-state index in [-0.39, 0.29) is 24.2 Å². The minimum Gasteiger partial charge on any atom is -0.508 e. The molecule has 0 saturated heterocycles. The first kappa shape index (κ1) is 20.4. The van der Waals surface area contributed by atoms with Crippen molar-refractivity contribution in [2.75, 3.05) is 6.61 Å². The zero-order chi connectivity index (χ0) is 20.8. The van der Waals surface area contributed by atoms with E-state index in [0.29, 0.717) is 12.8 Å². The van der Waals surface area contributed by atoms with E-state index < -0.39 is 12.1 Å². The molecule has 2 amide bonds. The van der Waals surface area contributed by atoms with Gasteiger partial charge in [0, 0.05) is 30.4 Å². The van der Waals surface area contributed by atoms with Crippen LogP contribution in [0.3, 0.4) is 0 Å². The molecule has 0 radical (unpaired) electrons. The Morgan fingerprint density at radius 3 is 2.45 bits per heavy atom. The minimum atomic E-state index is -0.763. The number of H-pyrrole nitrogens is 1. The van der Waals surface area contributed by atoms with Crippen molar-refractivity contribution < 1.29 is 19.8 Å². The van der Waals surface area contributed by atoms with Gasteiger partial charge in [-0.15, -0.1) is 0 Å². The average Bonchev–Trinajstić information content (AvgIpc) is 3.11. The number of phenolic OH excluding ortho intramolecular Hbond substituents is 1. The van der Waals surface area contributed by atoms with Crippen LogP contribution in [0.1, 0.15) is 18.1 Å². The third kappa shape index (κ3) is 5.36. The number of phenols is 1. The van der Waals surface area contributed by atoms with Gasteiger partial charge in [-0.2, -0.15) is 0 Å². The fourth-order valence-electron chi connectivity index (χ4n) is 3.35. The first-order valence-electron chi connectivity index (χ1n) is 9.47. The molecule has 1 heterocycles. The second-order valence-corrected chi connectivity index (χ2v) is 7.08. The Hall–Kier alpha value is -3.32. The SMILES string of the molecule is CC(=O)NC(Cc1c[nH]c2ccccc12)C(=O)N[C@@H](CO)Cc1ccc(O)cc1. The Kier molecular flexibility index (Phi) is 6.51. The van der Waals surface area contributed by atoms with Crippen molar-refractivity contribution in [1.82, 2.24) is 15.6 Å². The van der Waals surface area contributed by atoms with Crippen LogP contribution >= 0.6 is 0 Å². The number of aromatic nitrogens is 1. The zero-order valence-electron chi connectivity index (χ0n) is 16.2. The number of hydrogen-bond acceptors (Lipinski definition) is 4. The van der Waals surface area contributed by atoms with Crippen molar-refractivity contribution in [3.63, 3.8) is 0 Å². The summed E-state index contributed by atoms with van der Waals surface area (Å²) in [5, 5.41) is 25.6. The summed E-state index contributed by atoms with van der Waals surface area (Å²) in [7, 11) is 0. The molecule has 7 nitrogen and oxygen atoms in total. The highest BCUT2D eigenvalue weighted by atomic mass is 16.3. The molecule has 5 N–H and O–H groups in total. The van der Waals surface area contributed by atoms with Crippen molar-refractivity contribution in [3.8, 4) is 5.75 Å². The van der Waals surface area contributed by atoms with E-state index in [9.17, 15) is 19.8 Å². The van der Waals surface area contributed by atoms with E-state index in [1.807, 2.05) is 30.5 Å². The summed E-state index contributed by atoms with van der Waals surface area (Å²) in [6.45, 7) is 1.13. The summed E-state index contributed by atoms with van der Waals surface area (Å²) >= 11 is 0. The zero-order valence-corrected chi connectivity index (χ0v) is 16.2. The lowest BCUT2D eigenvalue weighted by Gasteiger charge is -2.22. The third-order valence-corrected chi connectivity index (χ3v) is 4.78. The second-order valence-electron chi connectivity index (χ2n) is 7.08. The van der Waals surface area contributed by atoms with E-state index >= 15 is 0 Å². The monoisotopic (exact) mass is 395 g/mol. The largest absolute Gasteiger partial charge is 0.508 e. The standard InChI is InChI=1S/C22H25N3O4/c1-14(27)24-21(11-16-12-23-20-5-3-2-4-19(16)20)22(29)25-17(13-26)10-15-6-8-18(28)9-7-15/h2-9,12,17,21,23,26,28H,10-11,13H2,1H3,(H,24,27)(H,25,29)/t17-,21?/m1/s1. The van der Waals surface area contributed by atoms with Gasteiger partial charge in [0.05, 0.1) is 12.6 Å². The van der Waals surface area contributed by atoms with Crippen LogP contribution in [0.25, 0.3) is 10.9 Å². The van der Waals surface area contributed by atoms with Crippen molar-refractivity contribution in [1.29, 1.82) is 0 Å². The normalized spacial score (nSPS) is 13.0. The molecule has 0 aliphatic carbocycles. The first-order chi connectivity index (χ1) is 14.0. The number of aliphatic hydroxyl groups excluding tert-OH is 1. The molecule has 3 aromatic rings. The molecule has 1 unspecified atom stereocenters. The van der Waals surface area contributed by atoms with Crippen LogP contribution in [0.5, 0.6) is 5.75 Å². The molecule has 29 heavy (non-hydrogen) atoms. The number of amides is 2. The fraction of sp³-hybridized carbons (Fsp3) is 0.273. The maximum Gasteiger partial charge on any atom is 0.243 e. The van der Waals surface area contributed by atoms with Gasteiger partial charge in [0.2, 0.25) is 11.8 Å². The summed E-state index contributed by atoms with van der Waals surface area (Å²) < 4.78 is 0. The van der Waals surface area contributed by atoms with Crippen LogP contribution in [-0.4, -0.2) is 45.7 Å². The van der Waals surface area contributed by atoms with Crippen LogP contribution in [0.4, 0.5) is 0 Å². The Balaban J connectivity index is 1.72. The van der Waals surface area contributed by atoms with Gasteiger partial charge in [-0.1, -0.05) is 30.3 Å². The van der Waals surface area contributed by atoms with Crippen molar-refractivity contribution in [3.05, 3.63) is 65.9 Å². The second kappa shape index (κ2) is 9.25. The number of hydrogen-bond donors (Lipinski definition) is 5. The molecule has 1 aromatic heterocycles. The molecule has 2 aromatic carbocycles. The number of carbonyl (C=O) groups is 2. The van der Waals surface area contributed by atoms with E-state index in [4.69, 9.17) is 0 Å². The quantitative estimate of drug-likeness (QED) is 0.399. The first-order valence-corrected chi connectivity index (χ1v) is 9.47. The van der Waals surface area contributed by atoms with Gasteiger partial charge in [0.15, 0.2) is 0 Å². The smallest absolute Gasteiger partial charge is 0.243 e. The molecule has 0 fully saturated rings. The van der Waals surface area contributed by atoms with Crippen LogP contribution in [-0.2, 0) is 22.4 Å². The molecular weight excluding hydrogens is 370 g/mol. The van der Waals surface area contributed by atoms with Gasteiger partial charge in [-0.05, 0) is 35.7 Å². The van der Waals surface area contributed by atoms with Crippen LogP contribution in [0.15, 0.2) is 54.7 Å². The highest BCUT2D eigenvalue weighted by molar-refractivity contribution is 5.89. The van der Waals surface area contributed by atoms with E-state index in [1.54, 1.807) is 24.3 Å². The number of nitrogens with one attached hydrogen (secondary N) is 3. The molecule has 0 spiro atoms. The lowest BCUT2D eigenvalue weighted by Crippen LogP contribution is -2.51. The highest BCUT2D eigenvalue weighted by Gasteiger charge is 2.24. The van der Waals surface area contributed by atoms with Crippen LogP contribution in [0, 0.1) is 0 Å². The number of aromatic amines is 1. The highest BCUT2D eigenvalue weighted by Crippen LogP contribution is 2.19. The van der Waals surface area contributed by atoms with Gasteiger partial charge in [-0.3, -0.25) is 9.59 Å². The van der Waals surface area contributed by atoms with Crippen molar-refractivity contribution in [2.45, 2.75) is 31.8 Å². The van der Waals surface area contributed by atoms with Crippen LogP contribution < -0.4 is 10.6 Å². The maximum absolute atomic E-state index is 12.9. The van der Waals surface area contributed by atoms with Gasteiger partial charge < -0.3 is 25.8 Å². The molecule has 2 atom stereocenters. The summed E-state index contributed by atoms with van der Waals surface area (Å²) in [5.74, 6) is -0.504. The molecule has 0 bridgehead atoms. The predicted octanol–water partition coefficient (Wildman–Crippen LogP) is 1.64. The predicted molar refractivity (Wildman–Crippen MR) is 110 cm³/mol. The fourth-order valence-corrected chi connectivity index (χ4v) is 3.35. The lowest BCUT2D eigenvalue weighted by atomic mass is 10.0. The van der Waals surface area contributed by atoms with Crippen molar-refractivity contribution in [2.24, 2.45) is 0 Å². The minimum absolute atomic E-state index is 0.155. The average molecular weight is 395 g/mol. The number of aromatic hydroxyl groups is 1. The summed E-state index contributed by atoms with van der Waals surface area (Å²) in [6, 6.07) is 13.1. The van der Waals surface area contributed by atoms with Crippen LogP contribution in [0.2, 0.25) is 0 Å². The summed E-state index contributed by atoms with van der Waals surface area (Å²) in [6.07, 6.45) is 2.57. The molecular formula is C22H25N3O4. The Labute approximate surface area is 168 Å². The van der Waals surface area contributed by atoms with Crippen molar-refractivity contribution >= 4 is 22.7 Å². The van der Waals surface area contributed by atoms with E-state index in [2.05, 4.69) is 15.6 Å². The molecule has 0 saturated carbocycles. The Morgan fingerprint density at radius 1 is 1.03 bits per heavy atom. The van der Waals surface area contributed by atoms with Gasteiger partial charge in [0.25, 0.3) is 0 Å². The van der Waals surface area contributed by atoms with E-state index in [0.717, 1.165) is 22.0 Å². The Morgan fingerprint density at radius 2 is 1.76 bits per heavy atom. The molecule has 3 rings (SSSR count). The van der Waals surface area contributed by atoms with E-state index in [1.165, 1.54) is 6.92 Å². The number of benzene rings is 2. The number of aliphatic hydroxyl groups is 1. The number of carbonyl (C=O) groups excluding carboxylic acids is 2. The van der Waals surface area contributed by atoms with Gasteiger partial charge >= 0.3 is 0 Å². The summed E-state index contributed by atoms with van der Waals surface area (Å²) in [5.41, 5.74) is 2.76. The summed E-state index contributed by atoms with van der Waals surface area (Å²) in [4.78, 5) is 27.7. The molecule has 0 aliphatic heterocycles. The Bertz CT molecular complexity index is 981. The number of para-hydroxylation sites is 1. The molecule has 152 valence electrons.